The predicted molar refractivity (Wildman–Crippen MR) is 80.0 cm³/mol. The second-order valence-corrected chi connectivity index (χ2v) is 4.31. The number of nitro benzene ring substituents is 1. The highest BCUT2D eigenvalue weighted by atomic mass is 16.6. The first-order valence-corrected chi connectivity index (χ1v) is 6.36. The minimum atomic E-state index is -0.420. The van der Waals surface area contributed by atoms with Gasteiger partial charge in [-0.2, -0.15) is 0 Å². The summed E-state index contributed by atoms with van der Waals surface area (Å²) in [4.78, 5) is 10.4. The normalized spacial score (nSPS) is 10.0. The van der Waals surface area contributed by atoms with Gasteiger partial charge in [-0.3, -0.25) is 10.1 Å². The Morgan fingerprint density at radius 1 is 1.14 bits per heavy atom. The number of hydrogen-bond acceptors (Lipinski definition) is 5. The molecule has 0 heterocycles. The Morgan fingerprint density at radius 3 is 2.38 bits per heavy atom. The van der Waals surface area contributed by atoms with E-state index in [2.05, 4.69) is 5.32 Å². The molecule has 6 nitrogen and oxygen atoms in total. The molecule has 0 bridgehead atoms. The molecule has 0 atom stereocenters. The van der Waals surface area contributed by atoms with E-state index in [0.717, 1.165) is 17.0 Å². The van der Waals surface area contributed by atoms with Gasteiger partial charge in [0.2, 0.25) is 0 Å². The predicted octanol–water partition coefficient (Wildman–Crippen LogP) is 3.22. The molecule has 0 aliphatic rings. The van der Waals surface area contributed by atoms with Crippen LogP contribution in [-0.4, -0.2) is 19.1 Å². The first-order chi connectivity index (χ1) is 10.1. The smallest absolute Gasteiger partial charge is 0.269 e. The summed E-state index contributed by atoms with van der Waals surface area (Å²) >= 11 is 0. The maximum Gasteiger partial charge on any atom is 0.269 e. The zero-order chi connectivity index (χ0) is 15.2. The monoisotopic (exact) mass is 288 g/mol. The van der Waals surface area contributed by atoms with E-state index in [4.69, 9.17) is 9.47 Å². The van der Waals surface area contributed by atoms with Crippen molar-refractivity contribution in [1.82, 2.24) is 0 Å². The first kappa shape index (κ1) is 14.6. The van der Waals surface area contributed by atoms with Crippen molar-refractivity contribution in [3.63, 3.8) is 0 Å². The lowest BCUT2D eigenvalue weighted by Gasteiger charge is -2.11. The Bertz CT molecular complexity index is 626. The van der Waals surface area contributed by atoms with Crippen LogP contribution in [0.25, 0.3) is 0 Å². The maximum absolute atomic E-state index is 10.8. The van der Waals surface area contributed by atoms with Gasteiger partial charge in [-0.15, -0.1) is 0 Å². The highest BCUT2D eigenvalue weighted by molar-refractivity contribution is 5.55. The van der Waals surface area contributed by atoms with E-state index in [1.165, 1.54) is 12.1 Å². The largest absolute Gasteiger partial charge is 0.497 e. The van der Waals surface area contributed by atoms with Gasteiger partial charge in [-0.05, 0) is 30.3 Å². The number of non-ortho nitro benzene ring substituents is 1. The quantitative estimate of drug-likeness (QED) is 0.652. The number of nitrogens with one attached hydrogen (secondary N) is 1. The number of nitrogens with zero attached hydrogens (tertiary/aromatic N) is 1. The fourth-order valence-electron chi connectivity index (χ4n) is 1.89. The van der Waals surface area contributed by atoms with Crippen LogP contribution >= 0.6 is 0 Å². The van der Waals surface area contributed by atoms with Crippen LogP contribution in [0.5, 0.6) is 11.5 Å². The van der Waals surface area contributed by atoms with Crippen LogP contribution in [0.1, 0.15) is 5.56 Å². The minimum Gasteiger partial charge on any atom is -0.497 e. The molecule has 0 aliphatic heterocycles. The van der Waals surface area contributed by atoms with Gasteiger partial charge < -0.3 is 14.8 Å². The van der Waals surface area contributed by atoms with Crippen molar-refractivity contribution in [3.8, 4) is 11.5 Å². The van der Waals surface area contributed by atoms with Crippen LogP contribution in [0.3, 0.4) is 0 Å². The second kappa shape index (κ2) is 6.60. The molecule has 0 saturated carbocycles. The lowest BCUT2D eigenvalue weighted by molar-refractivity contribution is -0.384. The number of nitro groups is 1. The van der Waals surface area contributed by atoms with E-state index in [9.17, 15) is 10.1 Å². The Morgan fingerprint density at radius 2 is 1.81 bits per heavy atom. The van der Waals surface area contributed by atoms with Crippen LogP contribution in [0.2, 0.25) is 0 Å². The summed E-state index contributed by atoms with van der Waals surface area (Å²) in [6, 6.07) is 11.8. The van der Waals surface area contributed by atoms with Gasteiger partial charge in [-0.25, -0.2) is 0 Å². The van der Waals surface area contributed by atoms with Gasteiger partial charge in [0.15, 0.2) is 0 Å². The molecule has 1 N–H and O–H groups in total. The summed E-state index contributed by atoms with van der Waals surface area (Å²) in [5.41, 5.74) is 1.57. The van der Waals surface area contributed by atoms with E-state index in [1.807, 2.05) is 0 Å². The summed E-state index contributed by atoms with van der Waals surface area (Å²) in [7, 11) is 3.36. The van der Waals surface area contributed by atoms with Crippen LogP contribution in [0.15, 0.2) is 42.5 Å². The van der Waals surface area contributed by atoms with E-state index in [0.29, 0.717) is 5.75 Å². The molecular formula is C15H16N2O4. The van der Waals surface area contributed by atoms with Crippen molar-refractivity contribution in [3.05, 3.63) is 58.1 Å². The van der Waals surface area contributed by atoms with Crippen LogP contribution in [-0.2, 0) is 6.61 Å². The van der Waals surface area contributed by atoms with E-state index < -0.39 is 4.92 Å². The molecule has 2 rings (SSSR count). The van der Waals surface area contributed by atoms with Gasteiger partial charge >= 0.3 is 0 Å². The zero-order valence-electron chi connectivity index (χ0n) is 11.8. The van der Waals surface area contributed by atoms with Gasteiger partial charge in [0.25, 0.3) is 5.69 Å². The van der Waals surface area contributed by atoms with Crippen LogP contribution < -0.4 is 14.8 Å². The second-order valence-electron chi connectivity index (χ2n) is 4.31. The molecule has 0 saturated heterocycles. The number of benzene rings is 2. The fourth-order valence-corrected chi connectivity index (χ4v) is 1.89. The third-order valence-electron chi connectivity index (χ3n) is 3.02. The third-order valence-corrected chi connectivity index (χ3v) is 3.02. The molecule has 2 aromatic carbocycles. The average Bonchev–Trinajstić information content (AvgIpc) is 2.53. The van der Waals surface area contributed by atoms with E-state index >= 15 is 0 Å². The van der Waals surface area contributed by atoms with Gasteiger partial charge in [0.1, 0.15) is 18.1 Å². The lowest BCUT2D eigenvalue weighted by atomic mass is 10.1. The van der Waals surface area contributed by atoms with Gasteiger partial charge in [0, 0.05) is 30.4 Å². The number of ether oxygens (including phenoxy) is 2. The Balaban J connectivity index is 2.13. The Hall–Kier alpha value is -2.76. The third kappa shape index (κ3) is 3.62. The van der Waals surface area contributed by atoms with Crippen LogP contribution in [0.4, 0.5) is 11.4 Å². The van der Waals surface area contributed by atoms with Crippen molar-refractivity contribution >= 4 is 11.4 Å². The number of rotatable bonds is 6. The molecule has 0 unspecified atom stereocenters. The summed E-state index contributed by atoms with van der Waals surface area (Å²) in [5, 5.41) is 13.8. The Labute approximate surface area is 122 Å². The lowest BCUT2D eigenvalue weighted by Crippen LogP contribution is -2.02. The zero-order valence-corrected chi connectivity index (χ0v) is 11.8. The molecule has 0 amide bonds. The molecule has 110 valence electrons. The van der Waals surface area contributed by atoms with Gasteiger partial charge in [-0.1, -0.05) is 0 Å². The summed E-state index contributed by atoms with van der Waals surface area (Å²) in [6.07, 6.45) is 0. The number of hydrogen-bond donors (Lipinski definition) is 1. The topological polar surface area (TPSA) is 73.6 Å². The SMILES string of the molecule is CNc1ccc([N+](=O)[O-])cc1COc1ccc(OC)cc1. The summed E-state index contributed by atoms with van der Waals surface area (Å²) in [5.74, 6) is 1.41. The molecule has 2 aromatic rings. The van der Waals surface area contributed by atoms with Crippen molar-refractivity contribution in [2.45, 2.75) is 6.61 Å². The minimum absolute atomic E-state index is 0.0438. The maximum atomic E-state index is 10.8. The molecule has 0 spiro atoms. The average molecular weight is 288 g/mol. The summed E-state index contributed by atoms with van der Waals surface area (Å²) in [6.45, 7) is 0.240. The molecule has 0 radical (unpaired) electrons. The van der Waals surface area contributed by atoms with Crippen LogP contribution in [0, 0.1) is 10.1 Å². The van der Waals surface area contributed by atoms with E-state index in [1.54, 1.807) is 44.5 Å². The molecule has 0 aliphatic carbocycles. The highest BCUT2D eigenvalue weighted by Gasteiger charge is 2.10. The van der Waals surface area contributed by atoms with E-state index in [-0.39, 0.29) is 12.3 Å². The molecular weight excluding hydrogens is 272 g/mol. The van der Waals surface area contributed by atoms with Gasteiger partial charge in [0.05, 0.1) is 12.0 Å². The highest BCUT2D eigenvalue weighted by Crippen LogP contribution is 2.24. The molecule has 0 aromatic heterocycles. The molecule has 21 heavy (non-hydrogen) atoms. The Kier molecular flexibility index (Phi) is 4.61. The first-order valence-electron chi connectivity index (χ1n) is 6.36. The van der Waals surface area contributed by atoms with Crippen molar-refractivity contribution in [1.29, 1.82) is 0 Å². The van der Waals surface area contributed by atoms with Crippen molar-refractivity contribution in [2.75, 3.05) is 19.5 Å². The number of anilines is 1. The van der Waals surface area contributed by atoms with Crippen molar-refractivity contribution in [2.24, 2.45) is 0 Å². The summed E-state index contributed by atoms with van der Waals surface area (Å²) < 4.78 is 10.7. The molecule has 0 fully saturated rings. The van der Waals surface area contributed by atoms with Crippen molar-refractivity contribution < 1.29 is 14.4 Å². The molecule has 6 heteroatoms. The fraction of sp³-hybridized carbons (Fsp3) is 0.200. The standard InChI is InChI=1S/C15H16N2O4/c1-16-15-8-3-12(17(18)19)9-11(15)10-21-14-6-4-13(20-2)5-7-14/h3-9,16H,10H2,1-2H3. The number of methoxy groups -OCH3 is 1.